The van der Waals surface area contributed by atoms with Gasteiger partial charge in [0.05, 0.1) is 6.07 Å². The van der Waals surface area contributed by atoms with Crippen LogP contribution in [0.25, 0.3) is 0 Å². The Hall–Kier alpha value is -1.69. The Morgan fingerprint density at radius 1 is 1.38 bits per heavy atom. The van der Waals surface area contributed by atoms with Gasteiger partial charge in [0.1, 0.15) is 0 Å². The summed E-state index contributed by atoms with van der Waals surface area (Å²) in [5, 5.41) is 11.8. The zero-order valence-corrected chi connectivity index (χ0v) is 10.2. The van der Waals surface area contributed by atoms with Crippen LogP contribution in [-0.4, -0.2) is 20.6 Å². The van der Waals surface area contributed by atoms with Crippen LogP contribution >= 0.6 is 0 Å². The zero-order valence-electron chi connectivity index (χ0n) is 10.2. The number of unbranched alkanes of at least 4 members (excludes halogenated alkanes) is 1. The minimum Gasteiger partial charge on any atom is -0.385 e. The summed E-state index contributed by atoms with van der Waals surface area (Å²) in [5.74, 6) is 0. The summed E-state index contributed by atoms with van der Waals surface area (Å²) in [6.45, 7) is 2.96. The molecular formula is C13H19N3. The molecule has 0 atom stereocenters. The highest BCUT2D eigenvalue weighted by atomic mass is 15.1. The van der Waals surface area contributed by atoms with Crippen molar-refractivity contribution in [2.45, 2.75) is 19.8 Å². The molecule has 0 saturated heterocycles. The number of nitrogens with one attached hydrogen (secondary N) is 1. The van der Waals surface area contributed by atoms with Crippen LogP contribution in [0, 0.1) is 18.3 Å². The molecule has 0 aliphatic heterocycles. The summed E-state index contributed by atoms with van der Waals surface area (Å²) in [6.07, 6.45) is 1.50. The van der Waals surface area contributed by atoms with Crippen molar-refractivity contribution < 1.29 is 0 Å². The highest BCUT2D eigenvalue weighted by Gasteiger charge is 2.01. The molecule has 3 nitrogen and oxygen atoms in total. The number of hydrogen-bond acceptors (Lipinski definition) is 3. The van der Waals surface area contributed by atoms with Gasteiger partial charge >= 0.3 is 0 Å². The van der Waals surface area contributed by atoms with Crippen molar-refractivity contribution in [1.82, 2.24) is 0 Å². The van der Waals surface area contributed by atoms with Gasteiger partial charge in [-0.15, -0.1) is 0 Å². The molecule has 0 fully saturated rings. The van der Waals surface area contributed by atoms with Gasteiger partial charge < -0.3 is 10.2 Å². The minimum atomic E-state index is 0.611. The van der Waals surface area contributed by atoms with E-state index in [0.717, 1.165) is 18.7 Å². The molecule has 0 radical (unpaired) electrons. The number of aryl methyl sites for hydroxylation is 1. The van der Waals surface area contributed by atoms with Crippen molar-refractivity contribution in [3.63, 3.8) is 0 Å². The van der Waals surface area contributed by atoms with E-state index in [-0.39, 0.29) is 0 Å². The second kappa shape index (κ2) is 6.02. The predicted molar refractivity (Wildman–Crippen MR) is 68.8 cm³/mol. The average molecular weight is 217 g/mol. The lowest BCUT2D eigenvalue weighted by atomic mass is 10.1. The highest BCUT2D eigenvalue weighted by molar-refractivity contribution is 5.61. The third-order valence-electron chi connectivity index (χ3n) is 2.49. The Bertz CT molecular complexity index is 377. The van der Waals surface area contributed by atoms with Gasteiger partial charge in [0.25, 0.3) is 0 Å². The summed E-state index contributed by atoms with van der Waals surface area (Å²) < 4.78 is 0. The molecule has 0 aliphatic carbocycles. The Balaban J connectivity index is 2.61. The Morgan fingerprint density at radius 2 is 2.12 bits per heavy atom. The van der Waals surface area contributed by atoms with E-state index in [1.54, 1.807) is 0 Å². The number of nitrogens with zero attached hydrogens (tertiary/aromatic N) is 2. The van der Waals surface area contributed by atoms with E-state index in [2.05, 4.69) is 41.4 Å². The zero-order chi connectivity index (χ0) is 12.0. The standard InChI is InChI=1S/C13H19N3/c1-11-6-7-12(10-13(11)16(2)3)15-9-5-4-8-14/h6-7,10,15H,4-5,9H2,1-3H3. The van der Waals surface area contributed by atoms with Crippen LogP contribution in [0.3, 0.4) is 0 Å². The van der Waals surface area contributed by atoms with Crippen LogP contribution in [0.2, 0.25) is 0 Å². The summed E-state index contributed by atoms with van der Waals surface area (Å²) in [4.78, 5) is 2.11. The molecule has 0 bridgehead atoms. The second-order valence-corrected chi connectivity index (χ2v) is 4.08. The maximum absolute atomic E-state index is 8.43. The molecule has 0 aliphatic rings. The highest BCUT2D eigenvalue weighted by Crippen LogP contribution is 2.22. The fourth-order valence-corrected chi connectivity index (χ4v) is 1.60. The predicted octanol–water partition coefficient (Wildman–Crippen LogP) is 2.78. The van der Waals surface area contributed by atoms with Crippen molar-refractivity contribution >= 4 is 11.4 Å². The first-order valence-corrected chi connectivity index (χ1v) is 5.54. The molecule has 86 valence electrons. The number of benzene rings is 1. The van der Waals surface area contributed by atoms with Crippen LogP contribution in [0.5, 0.6) is 0 Å². The number of nitriles is 1. The summed E-state index contributed by atoms with van der Waals surface area (Å²) in [5.41, 5.74) is 3.62. The van der Waals surface area contributed by atoms with Crippen molar-refractivity contribution in [2.24, 2.45) is 0 Å². The van der Waals surface area contributed by atoms with Gasteiger partial charge in [-0.05, 0) is 31.0 Å². The quantitative estimate of drug-likeness (QED) is 0.771. The molecule has 1 rings (SSSR count). The first-order chi connectivity index (χ1) is 7.65. The topological polar surface area (TPSA) is 39.1 Å². The average Bonchev–Trinajstić information content (AvgIpc) is 2.26. The summed E-state index contributed by atoms with van der Waals surface area (Å²) in [7, 11) is 4.09. The molecule has 1 aromatic rings. The molecule has 1 aromatic carbocycles. The third kappa shape index (κ3) is 3.47. The molecule has 0 spiro atoms. The van der Waals surface area contributed by atoms with Crippen LogP contribution < -0.4 is 10.2 Å². The fraction of sp³-hybridized carbons (Fsp3) is 0.462. The van der Waals surface area contributed by atoms with E-state index in [1.807, 2.05) is 14.1 Å². The lowest BCUT2D eigenvalue weighted by molar-refractivity contribution is 0.897. The van der Waals surface area contributed by atoms with E-state index in [1.165, 1.54) is 11.3 Å². The second-order valence-electron chi connectivity index (χ2n) is 4.08. The Morgan fingerprint density at radius 3 is 2.75 bits per heavy atom. The van der Waals surface area contributed by atoms with Crippen LogP contribution in [0.4, 0.5) is 11.4 Å². The maximum atomic E-state index is 8.43. The van der Waals surface area contributed by atoms with Crippen LogP contribution in [0.1, 0.15) is 18.4 Å². The van der Waals surface area contributed by atoms with E-state index >= 15 is 0 Å². The van der Waals surface area contributed by atoms with Gasteiger partial charge in [-0.25, -0.2) is 0 Å². The first-order valence-electron chi connectivity index (χ1n) is 5.54. The molecule has 0 unspecified atom stereocenters. The summed E-state index contributed by atoms with van der Waals surface area (Å²) in [6, 6.07) is 8.48. The molecule has 0 aromatic heterocycles. The first kappa shape index (κ1) is 12.4. The van der Waals surface area contributed by atoms with Crippen LogP contribution in [-0.2, 0) is 0 Å². The van der Waals surface area contributed by atoms with E-state index in [9.17, 15) is 0 Å². The normalized spacial score (nSPS) is 9.62. The van der Waals surface area contributed by atoms with Crippen molar-refractivity contribution in [3.8, 4) is 6.07 Å². The lowest BCUT2D eigenvalue weighted by Gasteiger charge is -2.17. The Kier molecular flexibility index (Phi) is 4.65. The molecule has 1 N–H and O–H groups in total. The lowest BCUT2D eigenvalue weighted by Crippen LogP contribution is -2.11. The SMILES string of the molecule is Cc1ccc(NCCCC#N)cc1N(C)C. The molecule has 0 saturated carbocycles. The van der Waals surface area contributed by atoms with Gasteiger partial charge in [-0.3, -0.25) is 0 Å². The summed E-state index contributed by atoms with van der Waals surface area (Å²) >= 11 is 0. The molecular weight excluding hydrogens is 198 g/mol. The van der Waals surface area contributed by atoms with Crippen LogP contribution in [0.15, 0.2) is 18.2 Å². The molecule has 16 heavy (non-hydrogen) atoms. The molecule has 0 heterocycles. The molecule has 3 heteroatoms. The number of hydrogen-bond donors (Lipinski definition) is 1. The van der Waals surface area contributed by atoms with Gasteiger partial charge in [-0.1, -0.05) is 6.07 Å². The fourth-order valence-electron chi connectivity index (χ4n) is 1.60. The monoisotopic (exact) mass is 217 g/mol. The van der Waals surface area contributed by atoms with Gasteiger partial charge in [0, 0.05) is 38.4 Å². The van der Waals surface area contributed by atoms with E-state index < -0.39 is 0 Å². The van der Waals surface area contributed by atoms with Gasteiger partial charge in [0.15, 0.2) is 0 Å². The smallest absolute Gasteiger partial charge is 0.0622 e. The third-order valence-corrected chi connectivity index (χ3v) is 2.49. The maximum Gasteiger partial charge on any atom is 0.0622 e. The number of rotatable bonds is 5. The van der Waals surface area contributed by atoms with Crippen molar-refractivity contribution in [1.29, 1.82) is 5.26 Å². The van der Waals surface area contributed by atoms with Crippen molar-refractivity contribution in [2.75, 3.05) is 30.9 Å². The Labute approximate surface area is 97.7 Å². The molecule has 0 amide bonds. The van der Waals surface area contributed by atoms with Gasteiger partial charge in [-0.2, -0.15) is 5.26 Å². The van der Waals surface area contributed by atoms with Gasteiger partial charge in [0.2, 0.25) is 0 Å². The largest absolute Gasteiger partial charge is 0.385 e. The number of anilines is 2. The van der Waals surface area contributed by atoms with E-state index in [0.29, 0.717) is 6.42 Å². The minimum absolute atomic E-state index is 0.611. The van der Waals surface area contributed by atoms with E-state index in [4.69, 9.17) is 5.26 Å². The van der Waals surface area contributed by atoms with Crippen molar-refractivity contribution in [3.05, 3.63) is 23.8 Å².